The number of piperidine rings is 1. The van der Waals surface area contributed by atoms with Gasteiger partial charge in [-0.15, -0.1) is 0 Å². The summed E-state index contributed by atoms with van der Waals surface area (Å²) >= 11 is 6.53. The number of anilines is 2. The first-order valence-electron chi connectivity index (χ1n) is 11.4. The van der Waals surface area contributed by atoms with Crippen molar-refractivity contribution in [2.24, 2.45) is 5.92 Å². The molecule has 2 fully saturated rings. The van der Waals surface area contributed by atoms with E-state index in [2.05, 4.69) is 34.3 Å². The van der Waals surface area contributed by atoms with Crippen LogP contribution in [0, 0.1) is 5.92 Å². The van der Waals surface area contributed by atoms with Gasteiger partial charge >= 0.3 is 0 Å². The number of benzene rings is 1. The quantitative estimate of drug-likeness (QED) is 0.753. The molecular formula is C24H29ClN4O. The molecule has 2 aromatic rings. The maximum atomic E-state index is 10.6. The Hall–Kier alpha value is -1.69. The minimum atomic E-state index is -0.487. The average Bonchev–Trinajstić information content (AvgIpc) is 3.48. The lowest BCUT2D eigenvalue weighted by Gasteiger charge is -2.42. The van der Waals surface area contributed by atoms with E-state index in [1.165, 1.54) is 30.5 Å². The largest absolute Gasteiger partial charge is 0.387 e. The molecule has 1 saturated heterocycles. The predicted octanol–water partition coefficient (Wildman–Crippen LogP) is 4.61. The standard InChI is InChI=1S/C24H29ClN4O/c1-14-10-19(30)22-21(14)23(28-13-27-22)29-18-5-4-16(25)12-17(18)24(6-8-26-9-7-24)20(29)11-15-2-3-15/h4-5,12-15,19-20,26,30H,2-3,6-11H2,1H3/t14-,19-,20-/m1/s1. The number of hydrogen-bond donors (Lipinski definition) is 2. The van der Waals surface area contributed by atoms with Crippen molar-refractivity contribution >= 4 is 23.1 Å². The van der Waals surface area contributed by atoms with E-state index in [4.69, 9.17) is 16.6 Å². The Balaban J connectivity index is 1.57. The van der Waals surface area contributed by atoms with Gasteiger partial charge in [-0.05, 0) is 74.4 Å². The first kappa shape index (κ1) is 19.0. The van der Waals surface area contributed by atoms with E-state index in [-0.39, 0.29) is 11.3 Å². The Kier molecular flexibility index (Phi) is 4.38. The van der Waals surface area contributed by atoms with Crippen molar-refractivity contribution in [3.63, 3.8) is 0 Å². The third-order valence-corrected chi connectivity index (χ3v) is 8.20. The summed E-state index contributed by atoms with van der Waals surface area (Å²) in [5.41, 5.74) is 4.70. The van der Waals surface area contributed by atoms with Crippen LogP contribution in [0.5, 0.6) is 0 Å². The van der Waals surface area contributed by atoms with E-state index in [1.54, 1.807) is 6.33 Å². The van der Waals surface area contributed by atoms with Crippen LogP contribution in [0.1, 0.15) is 74.3 Å². The van der Waals surface area contributed by atoms with Crippen molar-refractivity contribution in [1.29, 1.82) is 0 Å². The van der Waals surface area contributed by atoms with Crippen molar-refractivity contribution in [3.05, 3.63) is 46.4 Å². The van der Waals surface area contributed by atoms with Gasteiger partial charge in [0.25, 0.3) is 0 Å². The smallest absolute Gasteiger partial charge is 0.140 e. The van der Waals surface area contributed by atoms with Crippen LogP contribution in [-0.4, -0.2) is 34.2 Å². The highest BCUT2D eigenvalue weighted by Crippen LogP contribution is 2.58. The molecule has 6 heteroatoms. The van der Waals surface area contributed by atoms with Gasteiger partial charge < -0.3 is 15.3 Å². The van der Waals surface area contributed by atoms with Crippen molar-refractivity contribution < 1.29 is 5.11 Å². The molecule has 0 bridgehead atoms. The second kappa shape index (κ2) is 6.91. The van der Waals surface area contributed by atoms with Crippen molar-refractivity contribution in [3.8, 4) is 0 Å². The third kappa shape index (κ3) is 2.75. The van der Waals surface area contributed by atoms with Gasteiger partial charge in [0, 0.05) is 27.7 Å². The van der Waals surface area contributed by atoms with Gasteiger partial charge in [0.05, 0.1) is 11.8 Å². The van der Waals surface area contributed by atoms with Gasteiger partial charge in [0.1, 0.15) is 12.1 Å². The summed E-state index contributed by atoms with van der Waals surface area (Å²) in [6.45, 7) is 4.27. The SMILES string of the molecule is C[C@@H]1C[C@@H](O)c2ncnc(N3c4ccc(Cl)cc4C4(CCNCC4)[C@H]3CC3CC3)c21. The lowest BCUT2D eigenvalue weighted by atomic mass is 9.68. The highest BCUT2D eigenvalue weighted by Gasteiger charge is 2.54. The van der Waals surface area contributed by atoms with E-state index in [1.807, 2.05) is 6.07 Å². The molecule has 1 aromatic heterocycles. The molecule has 158 valence electrons. The van der Waals surface area contributed by atoms with Crippen LogP contribution >= 0.6 is 11.6 Å². The summed E-state index contributed by atoms with van der Waals surface area (Å²) in [6, 6.07) is 6.80. The Morgan fingerprint density at radius 3 is 2.80 bits per heavy atom. The predicted molar refractivity (Wildman–Crippen MR) is 119 cm³/mol. The molecule has 30 heavy (non-hydrogen) atoms. The maximum Gasteiger partial charge on any atom is 0.140 e. The lowest BCUT2D eigenvalue weighted by Crippen LogP contribution is -2.50. The molecule has 1 aromatic carbocycles. The number of fused-ring (bicyclic) bond motifs is 3. The molecule has 0 amide bonds. The summed E-state index contributed by atoms with van der Waals surface area (Å²) in [5, 5.41) is 15.0. The van der Waals surface area contributed by atoms with Crippen LogP contribution in [0.4, 0.5) is 11.5 Å². The fraction of sp³-hybridized carbons (Fsp3) is 0.583. The minimum Gasteiger partial charge on any atom is -0.387 e. The second-order valence-corrected chi connectivity index (χ2v) is 10.2. The number of hydrogen-bond acceptors (Lipinski definition) is 5. The number of rotatable bonds is 3. The van der Waals surface area contributed by atoms with E-state index in [0.29, 0.717) is 6.04 Å². The number of nitrogens with one attached hydrogen (secondary N) is 1. The zero-order chi connectivity index (χ0) is 20.5. The highest BCUT2D eigenvalue weighted by molar-refractivity contribution is 6.30. The first-order valence-corrected chi connectivity index (χ1v) is 11.8. The molecular weight excluding hydrogens is 396 g/mol. The molecule has 3 heterocycles. The zero-order valence-electron chi connectivity index (χ0n) is 17.4. The molecule has 2 aliphatic carbocycles. The van der Waals surface area contributed by atoms with Crippen molar-refractivity contribution in [1.82, 2.24) is 15.3 Å². The number of aromatic nitrogens is 2. The first-order chi connectivity index (χ1) is 14.6. The molecule has 3 atom stereocenters. The van der Waals surface area contributed by atoms with Crippen LogP contribution in [-0.2, 0) is 5.41 Å². The van der Waals surface area contributed by atoms with Crippen LogP contribution in [0.3, 0.4) is 0 Å². The summed E-state index contributed by atoms with van der Waals surface area (Å²) in [5.74, 6) is 2.08. The van der Waals surface area contributed by atoms with Gasteiger partial charge in [0.15, 0.2) is 0 Å². The number of halogens is 1. The van der Waals surface area contributed by atoms with Gasteiger partial charge in [-0.2, -0.15) is 0 Å². The molecule has 0 unspecified atom stereocenters. The zero-order valence-corrected chi connectivity index (χ0v) is 18.2. The van der Waals surface area contributed by atoms with Crippen LogP contribution < -0.4 is 10.2 Å². The molecule has 2 aliphatic heterocycles. The Morgan fingerprint density at radius 1 is 1.23 bits per heavy atom. The minimum absolute atomic E-state index is 0.104. The van der Waals surface area contributed by atoms with E-state index < -0.39 is 6.10 Å². The van der Waals surface area contributed by atoms with Gasteiger partial charge in [-0.3, -0.25) is 0 Å². The number of aliphatic hydroxyl groups is 1. The maximum absolute atomic E-state index is 10.6. The Morgan fingerprint density at radius 2 is 2.03 bits per heavy atom. The topological polar surface area (TPSA) is 61.3 Å². The van der Waals surface area contributed by atoms with E-state index >= 15 is 0 Å². The van der Waals surface area contributed by atoms with Crippen molar-refractivity contribution in [2.45, 2.75) is 68.9 Å². The van der Waals surface area contributed by atoms with E-state index in [9.17, 15) is 5.11 Å². The fourth-order valence-corrected chi connectivity index (χ4v) is 6.52. The van der Waals surface area contributed by atoms with E-state index in [0.717, 1.165) is 60.4 Å². The normalized spacial score (nSPS) is 29.3. The molecule has 6 rings (SSSR count). The van der Waals surface area contributed by atoms with Crippen LogP contribution in [0.25, 0.3) is 0 Å². The second-order valence-electron chi connectivity index (χ2n) is 9.78. The fourth-order valence-electron chi connectivity index (χ4n) is 6.34. The summed E-state index contributed by atoms with van der Waals surface area (Å²) in [4.78, 5) is 11.8. The van der Waals surface area contributed by atoms with Gasteiger partial charge in [0.2, 0.25) is 0 Å². The summed E-state index contributed by atoms with van der Waals surface area (Å²) < 4.78 is 0. The Bertz CT molecular complexity index is 985. The lowest BCUT2D eigenvalue weighted by molar-refractivity contribution is 0.170. The molecule has 2 N–H and O–H groups in total. The summed E-state index contributed by atoms with van der Waals surface area (Å²) in [7, 11) is 0. The molecule has 0 radical (unpaired) electrons. The number of nitrogens with zero attached hydrogens (tertiary/aromatic N) is 3. The monoisotopic (exact) mass is 424 g/mol. The third-order valence-electron chi connectivity index (χ3n) is 7.96. The Labute approximate surface area is 182 Å². The van der Waals surface area contributed by atoms with Crippen molar-refractivity contribution in [2.75, 3.05) is 18.0 Å². The van der Waals surface area contributed by atoms with Crippen LogP contribution in [0.2, 0.25) is 5.02 Å². The van der Waals surface area contributed by atoms with Gasteiger partial charge in [-0.25, -0.2) is 9.97 Å². The number of aliphatic hydroxyl groups excluding tert-OH is 1. The molecule has 1 spiro atoms. The van der Waals surface area contributed by atoms with Gasteiger partial charge in [-0.1, -0.05) is 31.4 Å². The molecule has 5 nitrogen and oxygen atoms in total. The van der Waals surface area contributed by atoms with Crippen LogP contribution in [0.15, 0.2) is 24.5 Å². The average molecular weight is 425 g/mol. The molecule has 4 aliphatic rings. The summed E-state index contributed by atoms with van der Waals surface area (Å²) in [6.07, 6.45) is 8.01. The molecule has 1 saturated carbocycles. The highest BCUT2D eigenvalue weighted by atomic mass is 35.5.